The van der Waals surface area contributed by atoms with Gasteiger partial charge in [0.15, 0.2) is 5.78 Å². The van der Waals surface area contributed by atoms with Crippen LogP contribution in [-0.2, 0) is 0 Å². The Kier molecular flexibility index (Phi) is 3.84. The molecule has 0 aliphatic heterocycles. The SMILES string of the molecule is CC(C)C[C@@H](C#N)C(=O)c1ccsc1. The Bertz CT molecular complexity index is 335. The first-order valence-corrected chi connectivity index (χ1v) is 5.55. The molecular formula is C11H13NOS. The second kappa shape index (κ2) is 4.92. The highest BCUT2D eigenvalue weighted by atomic mass is 32.1. The number of carbonyl (C=O) groups is 1. The second-order valence-corrected chi connectivity index (χ2v) is 4.47. The summed E-state index contributed by atoms with van der Waals surface area (Å²) in [5.41, 5.74) is 0.669. The molecule has 0 aromatic carbocycles. The van der Waals surface area contributed by atoms with E-state index in [1.165, 1.54) is 11.3 Å². The van der Waals surface area contributed by atoms with Crippen molar-refractivity contribution in [1.82, 2.24) is 0 Å². The summed E-state index contributed by atoms with van der Waals surface area (Å²) in [5.74, 6) is -0.144. The zero-order valence-electron chi connectivity index (χ0n) is 8.36. The van der Waals surface area contributed by atoms with E-state index in [0.717, 1.165) is 0 Å². The molecule has 0 N–H and O–H groups in total. The molecule has 14 heavy (non-hydrogen) atoms. The van der Waals surface area contributed by atoms with E-state index in [-0.39, 0.29) is 5.78 Å². The number of Topliss-reactive ketones (excluding diaryl/α,β-unsaturated/α-hetero) is 1. The van der Waals surface area contributed by atoms with E-state index in [2.05, 4.69) is 6.07 Å². The van der Waals surface area contributed by atoms with E-state index >= 15 is 0 Å². The molecule has 0 saturated carbocycles. The van der Waals surface area contributed by atoms with Gasteiger partial charge in [-0.1, -0.05) is 13.8 Å². The molecule has 0 amide bonds. The fraction of sp³-hybridized carbons (Fsp3) is 0.455. The molecule has 1 rings (SSSR count). The molecule has 1 aromatic heterocycles. The van der Waals surface area contributed by atoms with Gasteiger partial charge in [0.05, 0.1) is 6.07 Å². The van der Waals surface area contributed by atoms with E-state index in [4.69, 9.17) is 5.26 Å². The first kappa shape index (κ1) is 10.9. The molecule has 0 saturated heterocycles. The number of nitrogens with zero attached hydrogens (tertiary/aromatic N) is 1. The Morgan fingerprint density at radius 1 is 1.64 bits per heavy atom. The maximum Gasteiger partial charge on any atom is 0.180 e. The Morgan fingerprint density at radius 2 is 2.36 bits per heavy atom. The third kappa shape index (κ3) is 2.68. The van der Waals surface area contributed by atoms with Crippen molar-refractivity contribution < 1.29 is 4.79 Å². The fourth-order valence-electron chi connectivity index (χ4n) is 1.30. The number of hydrogen-bond acceptors (Lipinski definition) is 3. The number of nitriles is 1. The number of rotatable bonds is 4. The number of thiophene rings is 1. The molecule has 0 unspecified atom stereocenters. The van der Waals surface area contributed by atoms with Crippen LogP contribution >= 0.6 is 11.3 Å². The summed E-state index contributed by atoms with van der Waals surface area (Å²) in [5, 5.41) is 12.5. The highest BCUT2D eigenvalue weighted by Gasteiger charge is 2.20. The van der Waals surface area contributed by atoms with Gasteiger partial charge in [0.25, 0.3) is 0 Å². The minimum absolute atomic E-state index is 0.0394. The molecule has 0 aliphatic carbocycles. The lowest BCUT2D eigenvalue weighted by Crippen LogP contribution is -2.14. The number of carbonyl (C=O) groups excluding carboxylic acids is 1. The second-order valence-electron chi connectivity index (χ2n) is 3.69. The van der Waals surface area contributed by atoms with Crippen LogP contribution < -0.4 is 0 Å². The molecule has 74 valence electrons. The first-order valence-electron chi connectivity index (χ1n) is 4.61. The summed E-state index contributed by atoms with van der Waals surface area (Å²) in [6, 6.07) is 3.85. The lowest BCUT2D eigenvalue weighted by atomic mass is 9.92. The van der Waals surface area contributed by atoms with Gasteiger partial charge in [-0.3, -0.25) is 4.79 Å². The van der Waals surface area contributed by atoms with Crippen molar-refractivity contribution in [2.24, 2.45) is 11.8 Å². The molecule has 0 radical (unpaired) electrons. The molecule has 2 nitrogen and oxygen atoms in total. The minimum atomic E-state index is -0.482. The van der Waals surface area contributed by atoms with Gasteiger partial charge in [0.1, 0.15) is 5.92 Å². The third-order valence-electron chi connectivity index (χ3n) is 1.99. The molecule has 0 bridgehead atoms. The van der Waals surface area contributed by atoms with E-state index in [1.54, 1.807) is 11.4 Å². The normalized spacial score (nSPS) is 12.4. The standard InChI is InChI=1S/C11H13NOS/c1-8(2)5-10(6-12)11(13)9-3-4-14-7-9/h3-4,7-8,10H,5H2,1-2H3/t10-/m0/s1. The average Bonchev–Trinajstić information content (AvgIpc) is 2.65. The molecule has 1 aromatic rings. The highest BCUT2D eigenvalue weighted by Crippen LogP contribution is 2.18. The van der Waals surface area contributed by atoms with Crippen LogP contribution in [0.1, 0.15) is 30.6 Å². The topological polar surface area (TPSA) is 40.9 Å². The summed E-state index contributed by atoms with van der Waals surface area (Å²) in [6.07, 6.45) is 0.644. The zero-order valence-corrected chi connectivity index (χ0v) is 9.17. The van der Waals surface area contributed by atoms with Crippen molar-refractivity contribution in [3.05, 3.63) is 22.4 Å². The van der Waals surface area contributed by atoms with Gasteiger partial charge < -0.3 is 0 Å². The maximum atomic E-state index is 11.8. The largest absolute Gasteiger partial charge is 0.293 e. The minimum Gasteiger partial charge on any atom is -0.293 e. The molecule has 1 heterocycles. The monoisotopic (exact) mass is 207 g/mol. The van der Waals surface area contributed by atoms with Crippen molar-refractivity contribution in [3.63, 3.8) is 0 Å². The van der Waals surface area contributed by atoms with E-state index in [1.807, 2.05) is 19.2 Å². The van der Waals surface area contributed by atoms with Crippen molar-refractivity contribution in [2.45, 2.75) is 20.3 Å². The summed E-state index contributed by atoms with van der Waals surface area (Å²) in [6.45, 7) is 4.04. The summed E-state index contributed by atoms with van der Waals surface area (Å²) in [4.78, 5) is 11.8. The van der Waals surface area contributed by atoms with Crippen molar-refractivity contribution in [1.29, 1.82) is 5.26 Å². The van der Waals surface area contributed by atoms with Crippen molar-refractivity contribution in [2.75, 3.05) is 0 Å². The predicted octanol–water partition coefficient (Wildman–Crippen LogP) is 3.12. The van der Waals surface area contributed by atoms with Gasteiger partial charge in [-0.15, -0.1) is 0 Å². The number of hydrogen-bond donors (Lipinski definition) is 0. The van der Waals surface area contributed by atoms with E-state index < -0.39 is 5.92 Å². The maximum absolute atomic E-state index is 11.8. The van der Waals surface area contributed by atoms with Crippen molar-refractivity contribution in [3.8, 4) is 6.07 Å². The van der Waals surface area contributed by atoms with E-state index in [9.17, 15) is 4.79 Å². The first-order chi connectivity index (χ1) is 6.65. The van der Waals surface area contributed by atoms with Crippen LogP contribution in [0.3, 0.4) is 0 Å². The lowest BCUT2D eigenvalue weighted by molar-refractivity contribution is 0.0937. The molecule has 0 spiro atoms. The highest BCUT2D eigenvalue weighted by molar-refractivity contribution is 7.08. The van der Waals surface area contributed by atoms with Crippen LogP contribution in [0.25, 0.3) is 0 Å². The van der Waals surface area contributed by atoms with Gasteiger partial charge >= 0.3 is 0 Å². The third-order valence-corrected chi connectivity index (χ3v) is 2.67. The fourth-order valence-corrected chi connectivity index (χ4v) is 1.94. The summed E-state index contributed by atoms with van der Waals surface area (Å²) >= 11 is 1.48. The van der Waals surface area contributed by atoms with Crippen LogP contribution in [0.4, 0.5) is 0 Å². The Morgan fingerprint density at radius 3 is 2.79 bits per heavy atom. The van der Waals surface area contributed by atoms with Gasteiger partial charge in [-0.2, -0.15) is 16.6 Å². The van der Waals surface area contributed by atoms with Gasteiger partial charge in [-0.05, 0) is 23.8 Å². The van der Waals surface area contributed by atoms with Gasteiger partial charge in [0.2, 0.25) is 0 Å². The van der Waals surface area contributed by atoms with Gasteiger partial charge in [0, 0.05) is 10.9 Å². The summed E-state index contributed by atoms with van der Waals surface area (Å²) < 4.78 is 0. The van der Waals surface area contributed by atoms with Crippen LogP contribution in [0, 0.1) is 23.2 Å². The Labute approximate surface area is 88.2 Å². The average molecular weight is 207 g/mol. The molecule has 0 fully saturated rings. The summed E-state index contributed by atoms with van der Waals surface area (Å²) in [7, 11) is 0. The molecular weight excluding hydrogens is 194 g/mol. The quantitative estimate of drug-likeness (QED) is 0.712. The Hall–Kier alpha value is -1.14. The van der Waals surface area contributed by atoms with Crippen LogP contribution in [0.5, 0.6) is 0 Å². The zero-order chi connectivity index (χ0) is 10.6. The van der Waals surface area contributed by atoms with E-state index in [0.29, 0.717) is 17.9 Å². The van der Waals surface area contributed by atoms with Crippen molar-refractivity contribution >= 4 is 17.1 Å². The molecule has 3 heteroatoms. The smallest absolute Gasteiger partial charge is 0.180 e. The molecule has 1 atom stereocenters. The van der Waals surface area contributed by atoms with Crippen LogP contribution in [-0.4, -0.2) is 5.78 Å². The van der Waals surface area contributed by atoms with Crippen LogP contribution in [0.2, 0.25) is 0 Å². The number of ketones is 1. The van der Waals surface area contributed by atoms with Crippen LogP contribution in [0.15, 0.2) is 16.8 Å². The molecule has 0 aliphatic rings. The van der Waals surface area contributed by atoms with Gasteiger partial charge in [-0.25, -0.2) is 0 Å². The Balaban J connectivity index is 2.72. The lowest BCUT2D eigenvalue weighted by Gasteiger charge is -2.08. The predicted molar refractivity (Wildman–Crippen MR) is 57.2 cm³/mol.